The van der Waals surface area contributed by atoms with Crippen molar-refractivity contribution in [3.05, 3.63) is 33.2 Å². The highest BCUT2D eigenvalue weighted by molar-refractivity contribution is 7.66. The van der Waals surface area contributed by atoms with E-state index in [0.29, 0.717) is 0 Å². The van der Waals surface area contributed by atoms with E-state index in [-0.39, 0.29) is 5.82 Å². The third-order valence-corrected chi connectivity index (χ3v) is 7.50. The molecule has 32 heavy (non-hydrogen) atoms. The van der Waals surface area contributed by atoms with Crippen LogP contribution in [0.4, 0.5) is 10.2 Å². The number of phosphoric ester groups is 1. The maximum atomic E-state index is 15.2. The molecule has 0 bridgehead atoms. The summed E-state index contributed by atoms with van der Waals surface area (Å²) in [6, 6.07) is 1.16. The van der Waals surface area contributed by atoms with Crippen molar-refractivity contribution in [2.45, 2.75) is 31.0 Å². The van der Waals surface area contributed by atoms with Crippen LogP contribution in [-0.2, 0) is 31.6 Å². The van der Waals surface area contributed by atoms with Crippen LogP contribution in [0.5, 0.6) is 0 Å². The van der Waals surface area contributed by atoms with E-state index in [2.05, 4.69) is 28.2 Å². The molecule has 0 aromatic carbocycles. The number of nitrogens with zero attached hydrogens (tertiary/aromatic N) is 5. The first-order valence-electron chi connectivity index (χ1n) is 7.95. The average Bonchev–Trinajstić information content (AvgIpc) is 2.82. The zero-order chi connectivity index (χ0) is 24.6. The molecule has 5 atom stereocenters. The Labute approximate surface area is 176 Å². The fourth-order valence-corrected chi connectivity index (χ4v) is 5.75. The van der Waals surface area contributed by atoms with Crippen molar-refractivity contribution < 1.29 is 55.5 Å². The summed E-state index contributed by atoms with van der Waals surface area (Å²) in [6.07, 6.45) is -1.41. The molecule has 1 fully saturated rings. The molecule has 0 radical (unpaired) electrons. The SMILES string of the molecule is C[C@@]1(N=[N+]=[N-])C[C@@](F)(COP(=O)(O)OP(=O)(O)OP(=O)(O)O)O[C@H]1n1ccc(N)nc1=O. The molecular weight excluding hydrogens is 508 g/mol. The summed E-state index contributed by atoms with van der Waals surface area (Å²) in [4.78, 5) is 53.6. The molecule has 6 N–H and O–H groups in total. The van der Waals surface area contributed by atoms with E-state index in [0.717, 1.165) is 16.8 Å². The molecule has 0 spiro atoms. The lowest BCUT2D eigenvalue weighted by Crippen LogP contribution is -2.37. The van der Waals surface area contributed by atoms with Crippen molar-refractivity contribution in [1.82, 2.24) is 9.55 Å². The van der Waals surface area contributed by atoms with Crippen LogP contribution in [0.2, 0.25) is 0 Å². The number of anilines is 1. The van der Waals surface area contributed by atoms with Gasteiger partial charge < -0.3 is 30.0 Å². The van der Waals surface area contributed by atoms with E-state index in [4.69, 9.17) is 30.7 Å². The largest absolute Gasteiger partial charge is 0.490 e. The van der Waals surface area contributed by atoms with Crippen LogP contribution in [0.3, 0.4) is 0 Å². The van der Waals surface area contributed by atoms with Crippen LogP contribution in [0.1, 0.15) is 19.6 Å². The monoisotopic (exact) mass is 524 g/mol. The number of azide groups is 1. The lowest BCUT2D eigenvalue weighted by atomic mass is 9.96. The normalized spacial score (nSPS) is 29.6. The highest BCUT2D eigenvalue weighted by atomic mass is 31.3. The predicted molar refractivity (Wildman–Crippen MR) is 98.9 cm³/mol. The highest BCUT2D eigenvalue weighted by Gasteiger charge is 2.56. The van der Waals surface area contributed by atoms with Crippen LogP contribution < -0.4 is 11.4 Å². The van der Waals surface area contributed by atoms with Gasteiger partial charge in [0.2, 0.25) is 5.85 Å². The van der Waals surface area contributed by atoms with Crippen LogP contribution >= 0.6 is 23.5 Å². The minimum Gasteiger partial charge on any atom is -0.383 e. The van der Waals surface area contributed by atoms with Gasteiger partial charge in [-0.15, -0.1) is 0 Å². The Morgan fingerprint density at radius 1 is 1.38 bits per heavy atom. The van der Waals surface area contributed by atoms with E-state index >= 15 is 4.39 Å². The Hall–Kier alpha value is -1.71. The van der Waals surface area contributed by atoms with Crippen molar-refractivity contribution in [3.63, 3.8) is 0 Å². The van der Waals surface area contributed by atoms with Crippen molar-refractivity contribution >= 4 is 29.3 Å². The number of hydrogen-bond acceptors (Lipinski definition) is 11. The molecule has 2 rings (SSSR count). The summed E-state index contributed by atoms with van der Waals surface area (Å²) < 4.78 is 66.1. The summed E-state index contributed by atoms with van der Waals surface area (Å²) in [6.45, 7) is -0.298. The van der Waals surface area contributed by atoms with Crippen LogP contribution in [0.25, 0.3) is 10.4 Å². The molecule has 2 unspecified atom stereocenters. The van der Waals surface area contributed by atoms with Crippen molar-refractivity contribution in [2.24, 2.45) is 5.11 Å². The molecule has 1 aromatic rings. The molecular formula is C10H16FN6O12P3. The number of aromatic nitrogens is 2. The van der Waals surface area contributed by atoms with E-state index in [1.165, 1.54) is 6.92 Å². The number of hydrogen-bond donors (Lipinski definition) is 5. The Balaban J connectivity index is 2.24. The molecule has 2 heterocycles. The first-order valence-corrected chi connectivity index (χ1v) is 12.5. The van der Waals surface area contributed by atoms with Gasteiger partial charge in [0.05, 0.1) is 5.54 Å². The molecule has 180 valence electrons. The maximum absolute atomic E-state index is 15.2. The standard InChI is InChI=1S/C10H16FN6O12P3/c1-9(15-16-13)4-10(11,27-7(9)17-3-2-6(12)14-8(17)18)5-26-31(22,23)29-32(24,25)28-30(19,20)21/h2-3,7H,4-5H2,1H3,(H,22,23)(H,24,25)(H2,12,14,18)(H2,19,20,21)/t7-,9-,10+/m1/s1. The lowest BCUT2D eigenvalue weighted by molar-refractivity contribution is -0.177. The van der Waals surface area contributed by atoms with Gasteiger partial charge in [-0.1, -0.05) is 5.11 Å². The zero-order valence-electron chi connectivity index (χ0n) is 15.7. The van der Waals surface area contributed by atoms with Gasteiger partial charge in [-0.25, -0.2) is 22.9 Å². The second kappa shape index (κ2) is 8.91. The van der Waals surface area contributed by atoms with E-state index < -0.39 is 59.8 Å². The molecule has 0 amide bonds. The maximum Gasteiger partial charge on any atom is 0.490 e. The number of nitrogen functional groups attached to an aromatic ring is 1. The lowest BCUT2D eigenvalue weighted by Gasteiger charge is -2.25. The van der Waals surface area contributed by atoms with Crippen molar-refractivity contribution in [1.29, 1.82) is 0 Å². The number of halogens is 1. The second-order valence-electron chi connectivity index (χ2n) is 6.48. The van der Waals surface area contributed by atoms with Crippen molar-refractivity contribution in [2.75, 3.05) is 12.3 Å². The van der Waals surface area contributed by atoms with Crippen LogP contribution in [-0.4, -0.2) is 47.1 Å². The number of ether oxygens (including phenoxy) is 1. The minimum atomic E-state index is -5.82. The van der Waals surface area contributed by atoms with Gasteiger partial charge >= 0.3 is 29.2 Å². The Kier molecular flexibility index (Phi) is 7.39. The third-order valence-electron chi connectivity index (χ3n) is 3.71. The Morgan fingerprint density at radius 3 is 2.53 bits per heavy atom. The Bertz CT molecular complexity index is 1140. The highest BCUT2D eigenvalue weighted by Crippen LogP contribution is 2.66. The molecule has 0 aliphatic carbocycles. The van der Waals surface area contributed by atoms with Gasteiger partial charge in [-0.05, 0) is 18.5 Å². The number of nitrogens with two attached hydrogens (primary N) is 1. The molecule has 18 nitrogen and oxygen atoms in total. The van der Waals surface area contributed by atoms with Gasteiger partial charge in [0, 0.05) is 17.5 Å². The average molecular weight is 524 g/mol. The fraction of sp³-hybridized carbons (Fsp3) is 0.600. The zero-order valence-corrected chi connectivity index (χ0v) is 18.4. The van der Waals surface area contributed by atoms with Gasteiger partial charge in [-0.2, -0.15) is 13.6 Å². The van der Waals surface area contributed by atoms with Gasteiger partial charge in [-0.3, -0.25) is 9.09 Å². The first-order chi connectivity index (χ1) is 14.4. The molecule has 1 aliphatic rings. The fourth-order valence-electron chi connectivity index (χ4n) is 2.70. The molecule has 22 heteroatoms. The molecule has 1 aliphatic heterocycles. The second-order valence-corrected chi connectivity index (χ2v) is 10.9. The number of alkyl halides is 1. The quantitative estimate of drug-likeness (QED) is 0.129. The molecule has 1 saturated heterocycles. The third kappa shape index (κ3) is 6.89. The molecule has 1 aromatic heterocycles. The van der Waals surface area contributed by atoms with E-state index in [1.54, 1.807) is 0 Å². The summed E-state index contributed by atoms with van der Waals surface area (Å²) in [5, 5.41) is 3.40. The van der Waals surface area contributed by atoms with Crippen LogP contribution in [0.15, 0.2) is 22.2 Å². The van der Waals surface area contributed by atoms with E-state index in [1.807, 2.05) is 0 Å². The number of phosphoric acid groups is 3. The summed E-state index contributed by atoms with van der Waals surface area (Å²) in [7, 11) is -17.1. The Morgan fingerprint density at radius 2 is 2.00 bits per heavy atom. The summed E-state index contributed by atoms with van der Waals surface area (Å²) in [5.74, 6) is -3.20. The van der Waals surface area contributed by atoms with Gasteiger partial charge in [0.15, 0.2) is 6.23 Å². The first kappa shape index (κ1) is 26.5. The van der Waals surface area contributed by atoms with Crippen LogP contribution in [0, 0.1) is 0 Å². The van der Waals surface area contributed by atoms with Gasteiger partial charge in [0.25, 0.3) is 0 Å². The topological polar surface area (TPSA) is 279 Å². The number of rotatable bonds is 9. The predicted octanol–water partition coefficient (Wildman–Crippen LogP) is 0.822. The summed E-state index contributed by atoms with van der Waals surface area (Å²) in [5.41, 5.74) is 11.4. The van der Waals surface area contributed by atoms with Gasteiger partial charge in [0.1, 0.15) is 12.4 Å². The van der Waals surface area contributed by atoms with Crippen molar-refractivity contribution in [3.8, 4) is 0 Å². The molecule has 0 saturated carbocycles. The van der Waals surface area contributed by atoms with E-state index in [9.17, 15) is 23.4 Å². The smallest absolute Gasteiger partial charge is 0.383 e. The minimum absolute atomic E-state index is 0.172. The summed E-state index contributed by atoms with van der Waals surface area (Å²) >= 11 is 0.